The highest BCUT2D eigenvalue weighted by atomic mass is 15.1. The minimum atomic E-state index is 0.990. The minimum absolute atomic E-state index is 0.990. The van der Waals surface area contributed by atoms with Crippen molar-refractivity contribution < 1.29 is 4.57 Å². The van der Waals surface area contributed by atoms with Crippen LogP contribution in [0.5, 0.6) is 0 Å². The minimum Gasteiger partial charge on any atom is -0.256 e. The fourth-order valence-corrected chi connectivity index (χ4v) is 3.15. The van der Waals surface area contributed by atoms with Crippen molar-refractivity contribution >= 4 is 0 Å². The van der Waals surface area contributed by atoms with Gasteiger partial charge in [0.25, 0.3) is 5.82 Å². The van der Waals surface area contributed by atoms with E-state index in [9.17, 15) is 0 Å². The maximum atomic E-state index is 4.49. The number of pyridine rings is 1. The van der Waals surface area contributed by atoms with Crippen LogP contribution in [0, 0.1) is 6.92 Å². The Labute approximate surface area is 147 Å². The van der Waals surface area contributed by atoms with E-state index in [2.05, 4.69) is 82.9 Å². The van der Waals surface area contributed by atoms with Gasteiger partial charge in [-0.15, -0.1) is 0 Å². The van der Waals surface area contributed by atoms with E-state index in [1.807, 2.05) is 30.5 Å². The van der Waals surface area contributed by atoms with E-state index < -0.39 is 0 Å². The number of benzene rings is 2. The van der Waals surface area contributed by atoms with Gasteiger partial charge in [-0.05, 0) is 42.8 Å². The van der Waals surface area contributed by atoms with Crippen molar-refractivity contribution in [1.29, 1.82) is 0 Å². The van der Waals surface area contributed by atoms with Crippen LogP contribution in [0.25, 0.3) is 28.3 Å². The summed E-state index contributed by atoms with van der Waals surface area (Å²) in [4.78, 5) is 4.49. The molecule has 25 heavy (non-hydrogen) atoms. The molecule has 3 nitrogen and oxygen atoms in total. The smallest absolute Gasteiger partial charge is 0.256 e. The average Bonchev–Trinajstić information content (AvgIpc) is 3.05. The summed E-state index contributed by atoms with van der Waals surface area (Å²) in [6.07, 6.45) is 6.04. The second kappa shape index (κ2) is 6.36. The molecule has 0 fully saturated rings. The third-order valence-electron chi connectivity index (χ3n) is 4.48. The highest BCUT2D eigenvalue weighted by Crippen LogP contribution is 2.28. The number of hydrogen-bond acceptors (Lipinski definition) is 1. The Morgan fingerprint density at radius 2 is 1.72 bits per heavy atom. The molecule has 122 valence electrons. The van der Waals surface area contributed by atoms with E-state index in [1.54, 1.807) is 0 Å². The quantitative estimate of drug-likeness (QED) is 0.513. The number of imidazole rings is 1. The monoisotopic (exact) mass is 326 g/mol. The van der Waals surface area contributed by atoms with Gasteiger partial charge in [-0.25, -0.2) is 4.57 Å². The normalized spacial score (nSPS) is 10.8. The van der Waals surface area contributed by atoms with E-state index in [-0.39, 0.29) is 0 Å². The first-order valence-corrected chi connectivity index (χ1v) is 8.39. The molecule has 0 saturated heterocycles. The van der Waals surface area contributed by atoms with Crippen LogP contribution in [-0.4, -0.2) is 9.55 Å². The van der Waals surface area contributed by atoms with Crippen LogP contribution in [0.3, 0.4) is 0 Å². The summed E-state index contributed by atoms with van der Waals surface area (Å²) >= 11 is 0. The molecule has 0 atom stereocenters. The van der Waals surface area contributed by atoms with Crippen LogP contribution in [0.2, 0.25) is 0 Å². The standard InChI is InChI=1S/C22H20N3/c1-17-11-12-18(21-10-6-7-13-23-21)16-20(17)22-24(2)14-15-25(22)19-8-4-3-5-9-19/h3-16H,1-2H3/q+1. The first-order valence-electron chi connectivity index (χ1n) is 8.39. The maximum Gasteiger partial charge on any atom is 0.294 e. The van der Waals surface area contributed by atoms with Gasteiger partial charge in [0.1, 0.15) is 18.1 Å². The molecular weight excluding hydrogens is 306 g/mol. The van der Waals surface area contributed by atoms with Gasteiger partial charge in [0.2, 0.25) is 0 Å². The molecule has 0 aliphatic heterocycles. The van der Waals surface area contributed by atoms with Crippen molar-refractivity contribution in [1.82, 2.24) is 9.55 Å². The summed E-state index contributed by atoms with van der Waals surface area (Å²) < 4.78 is 4.39. The third kappa shape index (κ3) is 2.85. The van der Waals surface area contributed by atoms with Gasteiger partial charge in [0, 0.05) is 11.8 Å². The van der Waals surface area contributed by atoms with Crippen LogP contribution < -0.4 is 4.57 Å². The molecule has 0 radical (unpaired) electrons. The van der Waals surface area contributed by atoms with Gasteiger partial charge in [-0.1, -0.05) is 36.4 Å². The van der Waals surface area contributed by atoms with Crippen LogP contribution in [0.1, 0.15) is 5.56 Å². The highest BCUT2D eigenvalue weighted by molar-refractivity contribution is 5.70. The van der Waals surface area contributed by atoms with Crippen molar-refractivity contribution in [2.24, 2.45) is 7.05 Å². The Bertz CT molecular complexity index is 1000. The van der Waals surface area contributed by atoms with Gasteiger partial charge in [-0.2, -0.15) is 4.57 Å². The van der Waals surface area contributed by atoms with Crippen molar-refractivity contribution in [3.63, 3.8) is 0 Å². The number of aryl methyl sites for hydroxylation is 2. The Hall–Kier alpha value is -3.20. The van der Waals surface area contributed by atoms with E-state index in [0.29, 0.717) is 0 Å². The topological polar surface area (TPSA) is 21.7 Å². The van der Waals surface area contributed by atoms with E-state index in [1.165, 1.54) is 11.1 Å². The molecule has 2 aromatic carbocycles. The van der Waals surface area contributed by atoms with Crippen LogP contribution in [0.4, 0.5) is 0 Å². The Morgan fingerprint density at radius 1 is 0.920 bits per heavy atom. The molecule has 0 aliphatic carbocycles. The predicted molar refractivity (Wildman–Crippen MR) is 100 cm³/mol. The van der Waals surface area contributed by atoms with Crippen LogP contribution >= 0.6 is 0 Å². The number of rotatable bonds is 3. The molecule has 4 rings (SSSR count). The lowest BCUT2D eigenvalue weighted by atomic mass is 10.0. The zero-order valence-corrected chi connectivity index (χ0v) is 14.4. The van der Waals surface area contributed by atoms with Crippen LogP contribution in [-0.2, 0) is 7.05 Å². The van der Waals surface area contributed by atoms with Gasteiger partial charge in [0.15, 0.2) is 0 Å². The second-order valence-corrected chi connectivity index (χ2v) is 6.18. The van der Waals surface area contributed by atoms with E-state index in [0.717, 1.165) is 22.8 Å². The first-order chi connectivity index (χ1) is 12.2. The van der Waals surface area contributed by atoms with Crippen LogP contribution in [0.15, 0.2) is 85.3 Å². The second-order valence-electron chi connectivity index (χ2n) is 6.18. The molecule has 2 heterocycles. The summed E-state index contributed by atoms with van der Waals surface area (Å²) in [5, 5.41) is 0. The fraction of sp³-hybridized carbons (Fsp3) is 0.0909. The Morgan fingerprint density at radius 3 is 2.48 bits per heavy atom. The number of hydrogen-bond donors (Lipinski definition) is 0. The number of nitrogens with zero attached hydrogens (tertiary/aromatic N) is 3. The van der Waals surface area contributed by atoms with Crippen molar-refractivity contribution in [3.05, 3.63) is 90.9 Å². The van der Waals surface area contributed by atoms with Gasteiger partial charge in [-0.3, -0.25) is 4.98 Å². The lowest BCUT2D eigenvalue weighted by Crippen LogP contribution is -2.29. The van der Waals surface area contributed by atoms with Gasteiger partial charge >= 0.3 is 0 Å². The molecular formula is C22H20N3+. The molecule has 0 bridgehead atoms. The highest BCUT2D eigenvalue weighted by Gasteiger charge is 2.21. The molecule has 0 saturated carbocycles. The lowest BCUT2D eigenvalue weighted by molar-refractivity contribution is -0.659. The summed E-state index contributed by atoms with van der Waals surface area (Å²) in [6, 6.07) is 23.0. The van der Waals surface area contributed by atoms with Crippen molar-refractivity contribution in [2.75, 3.05) is 0 Å². The van der Waals surface area contributed by atoms with E-state index >= 15 is 0 Å². The largest absolute Gasteiger partial charge is 0.294 e. The summed E-state index contributed by atoms with van der Waals surface area (Å²) in [7, 11) is 2.08. The Balaban J connectivity index is 1.90. The number of aromatic nitrogens is 3. The molecule has 0 N–H and O–H groups in total. The maximum absolute atomic E-state index is 4.49. The fourth-order valence-electron chi connectivity index (χ4n) is 3.15. The lowest BCUT2D eigenvalue weighted by Gasteiger charge is -2.08. The van der Waals surface area contributed by atoms with Crippen molar-refractivity contribution in [3.8, 4) is 28.3 Å². The summed E-state index contributed by atoms with van der Waals surface area (Å²) in [5.41, 5.74) is 5.72. The average molecular weight is 326 g/mol. The molecule has 4 aromatic rings. The number of para-hydroxylation sites is 1. The Kier molecular flexibility index (Phi) is 3.90. The van der Waals surface area contributed by atoms with Gasteiger partial charge in [0.05, 0.1) is 18.3 Å². The molecule has 0 aliphatic rings. The predicted octanol–water partition coefficient (Wildman–Crippen LogP) is 4.34. The third-order valence-corrected chi connectivity index (χ3v) is 4.48. The SMILES string of the molecule is Cc1ccc(-c2ccccn2)cc1-c1n(-c2ccccc2)cc[n+]1C. The zero-order valence-electron chi connectivity index (χ0n) is 14.4. The first kappa shape index (κ1) is 15.3. The molecule has 3 heteroatoms. The summed E-state index contributed by atoms with van der Waals surface area (Å²) in [6.45, 7) is 2.15. The zero-order chi connectivity index (χ0) is 17.2. The van der Waals surface area contributed by atoms with Crippen molar-refractivity contribution in [2.45, 2.75) is 6.92 Å². The molecule has 2 aromatic heterocycles. The molecule has 0 spiro atoms. The van der Waals surface area contributed by atoms with Gasteiger partial charge < -0.3 is 0 Å². The van der Waals surface area contributed by atoms with E-state index in [4.69, 9.17) is 0 Å². The summed E-state index contributed by atoms with van der Waals surface area (Å²) in [5.74, 6) is 1.15. The molecule has 0 unspecified atom stereocenters. The molecule has 0 amide bonds.